The highest BCUT2D eigenvalue weighted by Crippen LogP contribution is 2.26. The summed E-state index contributed by atoms with van der Waals surface area (Å²) in [6.07, 6.45) is 6.79. The molecule has 1 atom stereocenters. The van der Waals surface area contributed by atoms with Gasteiger partial charge in [0.15, 0.2) is 0 Å². The Morgan fingerprint density at radius 3 is 2.73 bits per heavy atom. The lowest BCUT2D eigenvalue weighted by molar-refractivity contribution is 0.435. The molecule has 0 aliphatic carbocycles. The van der Waals surface area contributed by atoms with Gasteiger partial charge in [-0.05, 0) is 37.8 Å². The maximum absolute atomic E-state index is 2.60. The predicted octanol–water partition coefficient (Wildman–Crippen LogP) is 3.85. The maximum Gasteiger partial charge on any atom is 0.0368 e. The summed E-state index contributed by atoms with van der Waals surface area (Å²) in [6.45, 7) is 3.53. The Hall–Kier alpha value is -0.980. The fraction of sp³-hybridized carbons (Fsp3) is 0.571. The van der Waals surface area contributed by atoms with Crippen LogP contribution in [0.5, 0.6) is 0 Å². The van der Waals surface area contributed by atoms with Crippen LogP contribution in [0.4, 0.5) is 5.69 Å². The van der Waals surface area contributed by atoms with E-state index in [1.807, 2.05) is 0 Å². The predicted molar refractivity (Wildman–Crippen MR) is 66.3 cm³/mol. The smallest absolute Gasteiger partial charge is 0.0368 e. The maximum atomic E-state index is 2.60. The Labute approximate surface area is 93.1 Å². The minimum atomic E-state index is 0.783. The first kappa shape index (κ1) is 10.5. The monoisotopic (exact) mass is 203 g/mol. The third-order valence-electron chi connectivity index (χ3n) is 3.34. The van der Waals surface area contributed by atoms with Crippen molar-refractivity contribution in [2.24, 2.45) is 0 Å². The second-order valence-corrected chi connectivity index (χ2v) is 4.47. The zero-order chi connectivity index (χ0) is 10.5. The van der Waals surface area contributed by atoms with Crippen LogP contribution in [0.25, 0.3) is 0 Å². The Balaban J connectivity index is 2.11. The SMILES string of the molecule is CCCC1CCCCN1c1ccccc1. The van der Waals surface area contributed by atoms with E-state index < -0.39 is 0 Å². The van der Waals surface area contributed by atoms with Crippen LogP contribution in [0.3, 0.4) is 0 Å². The van der Waals surface area contributed by atoms with E-state index in [-0.39, 0.29) is 0 Å². The van der Waals surface area contributed by atoms with Gasteiger partial charge in [-0.3, -0.25) is 0 Å². The van der Waals surface area contributed by atoms with Gasteiger partial charge in [0.2, 0.25) is 0 Å². The van der Waals surface area contributed by atoms with Crippen molar-refractivity contribution in [3.05, 3.63) is 30.3 Å². The molecule has 1 aliphatic heterocycles. The molecular weight excluding hydrogens is 182 g/mol. The number of rotatable bonds is 3. The molecule has 0 amide bonds. The average molecular weight is 203 g/mol. The summed E-state index contributed by atoms with van der Waals surface area (Å²) < 4.78 is 0. The third-order valence-corrected chi connectivity index (χ3v) is 3.34. The summed E-state index contributed by atoms with van der Waals surface area (Å²) >= 11 is 0. The summed E-state index contributed by atoms with van der Waals surface area (Å²) in [5.74, 6) is 0. The normalized spacial score (nSPS) is 21.7. The molecule has 0 N–H and O–H groups in total. The first-order valence-electron chi connectivity index (χ1n) is 6.23. The average Bonchev–Trinajstić information content (AvgIpc) is 2.31. The number of para-hydroxylation sites is 1. The van der Waals surface area contributed by atoms with Crippen LogP contribution in [-0.2, 0) is 0 Å². The molecule has 1 nitrogen and oxygen atoms in total. The van der Waals surface area contributed by atoms with Crippen molar-refractivity contribution in [2.75, 3.05) is 11.4 Å². The molecular formula is C14H21N. The van der Waals surface area contributed by atoms with Crippen LogP contribution in [0, 0.1) is 0 Å². The highest BCUT2D eigenvalue weighted by molar-refractivity contribution is 5.47. The van der Waals surface area contributed by atoms with Crippen molar-refractivity contribution in [3.63, 3.8) is 0 Å². The van der Waals surface area contributed by atoms with E-state index in [4.69, 9.17) is 0 Å². The minimum Gasteiger partial charge on any atom is -0.369 e. The molecule has 1 aromatic rings. The zero-order valence-corrected chi connectivity index (χ0v) is 9.65. The van der Waals surface area contributed by atoms with Gasteiger partial charge in [-0.1, -0.05) is 31.5 Å². The minimum absolute atomic E-state index is 0.783. The van der Waals surface area contributed by atoms with Gasteiger partial charge in [0.1, 0.15) is 0 Å². The fourth-order valence-electron chi connectivity index (χ4n) is 2.59. The first-order chi connectivity index (χ1) is 7.42. The molecule has 1 unspecified atom stereocenters. The molecule has 0 radical (unpaired) electrons. The van der Waals surface area contributed by atoms with Gasteiger partial charge in [-0.15, -0.1) is 0 Å². The van der Waals surface area contributed by atoms with Gasteiger partial charge in [0.05, 0.1) is 0 Å². The van der Waals surface area contributed by atoms with Crippen LogP contribution in [0.2, 0.25) is 0 Å². The molecule has 2 rings (SSSR count). The summed E-state index contributed by atoms with van der Waals surface area (Å²) in [5.41, 5.74) is 1.41. The van der Waals surface area contributed by atoms with Crippen molar-refractivity contribution < 1.29 is 0 Å². The highest BCUT2D eigenvalue weighted by atomic mass is 15.2. The van der Waals surface area contributed by atoms with Crippen molar-refractivity contribution >= 4 is 5.69 Å². The third kappa shape index (κ3) is 2.53. The summed E-state index contributed by atoms with van der Waals surface area (Å²) in [7, 11) is 0. The number of piperidine rings is 1. The van der Waals surface area contributed by atoms with Gasteiger partial charge in [-0.2, -0.15) is 0 Å². The number of hydrogen-bond acceptors (Lipinski definition) is 1. The topological polar surface area (TPSA) is 3.24 Å². The largest absolute Gasteiger partial charge is 0.369 e. The molecule has 0 spiro atoms. The number of benzene rings is 1. The molecule has 1 heteroatoms. The van der Waals surface area contributed by atoms with Crippen LogP contribution in [-0.4, -0.2) is 12.6 Å². The molecule has 1 saturated heterocycles. The quantitative estimate of drug-likeness (QED) is 0.721. The van der Waals surface area contributed by atoms with Crippen LogP contribution >= 0.6 is 0 Å². The fourth-order valence-corrected chi connectivity index (χ4v) is 2.59. The van der Waals surface area contributed by atoms with Crippen molar-refractivity contribution in [2.45, 2.75) is 45.1 Å². The van der Waals surface area contributed by atoms with Gasteiger partial charge < -0.3 is 4.90 Å². The Morgan fingerprint density at radius 2 is 2.00 bits per heavy atom. The molecule has 15 heavy (non-hydrogen) atoms. The summed E-state index contributed by atoms with van der Waals surface area (Å²) in [4.78, 5) is 2.60. The highest BCUT2D eigenvalue weighted by Gasteiger charge is 2.21. The molecule has 0 saturated carbocycles. The van der Waals surface area contributed by atoms with Gasteiger partial charge >= 0.3 is 0 Å². The van der Waals surface area contributed by atoms with Gasteiger partial charge in [0.25, 0.3) is 0 Å². The number of nitrogens with zero attached hydrogens (tertiary/aromatic N) is 1. The molecule has 1 aliphatic rings. The van der Waals surface area contributed by atoms with Gasteiger partial charge in [0, 0.05) is 18.3 Å². The first-order valence-corrected chi connectivity index (χ1v) is 6.23. The second-order valence-electron chi connectivity index (χ2n) is 4.47. The Kier molecular flexibility index (Phi) is 3.65. The lowest BCUT2D eigenvalue weighted by Gasteiger charge is -2.37. The molecule has 1 aromatic carbocycles. The van der Waals surface area contributed by atoms with E-state index in [9.17, 15) is 0 Å². The second kappa shape index (κ2) is 5.20. The summed E-state index contributed by atoms with van der Waals surface area (Å²) in [5, 5.41) is 0. The lowest BCUT2D eigenvalue weighted by atomic mass is 9.97. The Bertz CT molecular complexity index is 279. The van der Waals surface area contributed by atoms with E-state index in [1.54, 1.807) is 0 Å². The number of anilines is 1. The van der Waals surface area contributed by atoms with Crippen LogP contribution < -0.4 is 4.90 Å². The van der Waals surface area contributed by atoms with Crippen molar-refractivity contribution in [1.82, 2.24) is 0 Å². The van der Waals surface area contributed by atoms with E-state index in [0.717, 1.165) is 6.04 Å². The summed E-state index contributed by atoms with van der Waals surface area (Å²) in [6, 6.07) is 11.7. The van der Waals surface area contributed by atoms with E-state index in [0.29, 0.717) is 0 Å². The molecule has 0 aromatic heterocycles. The van der Waals surface area contributed by atoms with Gasteiger partial charge in [-0.25, -0.2) is 0 Å². The van der Waals surface area contributed by atoms with E-state index in [2.05, 4.69) is 42.2 Å². The standard InChI is InChI=1S/C14H21N/c1-2-8-13-11-6-7-12-15(13)14-9-4-3-5-10-14/h3-5,9-10,13H,2,6-8,11-12H2,1H3. The zero-order valence-electron chi connectivity index (χ0n) is 9.65. The Morgan fingerprint density at radius 1 is 1.20 bits per heavy atom. The number of hydrogen-bond donors (Lipinski definition) is 0. The molecule has 82 valence electrons. The molecule has 1 fully saturated rings. The van der Waals surface area contributed by atoms with E-state index >= 15 is 0 Å². The molecule has 1 heterocycles. The molecule has 0 bridgehead atoms. The van der Waals surface area contributed by atoms with Crippen LogP contribution in [0.1, 0.15) is 39.0 Å². The van der Waals surface area contributed by atoms with Crippen molar-refractivity contribution in [1.29, 1.82) is 0 Å². The van der Waals surface area contributed by atoms with Crippen molar-refractivity contribution in [3.8, 4) is 0 Å². The van der Waals surface area contributed by atoms with Crippen LogP contribution in [0.15, 0.2) is 30.3 Å². The van der Waals surface area contributed by atoms with E-state index in [1.165, 1.54) is 44.3 Å². The lowest BCUT2D eigenvalue weighted by Crippen LogP contribution is -2.39.